The van der Waals surface area contributed by atoms with Crippen molar-refractivity contribution >= 4 is 28.9 Å². The first kappa shape index (κ1) is 10.1. The minimum atomic E-state index is -0.334. The molecule has 0 aromatic carbocycles. The molecule has 1 rings (SSSR count). The summed E-state index contributed by atoms with van der Waals surface area (Å²) >= 11 is 6.65. The highest BCUT2D eigenvalue weighted by atomic mass is 35.5. The summed E-state index contributed by atoms with van der Waals surface area (Å²) in [6.45, 7) is 0.101. The molecule has 0 fully saturated rings. The normalized spacial score (nSPS) is 8.69. The van der Waals surface area contributed by atoms with Crippen molar-refractivity contribution in [2.75, 3.05) is 12.5 Å². The number of hydrogen-bond acceptors (Lipinski definition) is 3. The predicted octanol–water partition coefficient (Wildman–Crippen LogP) is 2.15. The van der Waals surface area contributed by atoms with E-state index >= 15 is 0 Å². The second-order valence-electron chi connectivity index (χ2n) is 2.04. The van der Waals surface area contributed by atoms with Crippen molar-refractivity contribution in [3.63, 3.8) is 0 Å². The van der Waals surface area contributed by atoms with Crippen LogP contribution in [0.5, 0.6) is 0 Å². The van der Waals surface area contributed by atoms with Crippen molar-refractivity contribution in [2.45, 2.75) is 0 Å². The van der Waals surface area contributed by atoms with E-state index in [9.17, 15) is 4.79 Å². The third-order valence-corrected chi connectivity index (χ3v) is 2.17. The molecule has 13 heavy (non-hydrogen) atoms. The van der Waals surface area contributed by atoms with Crippen molar-refractivity contribution in [3.8, 4) is 11.8 Å². The molecule has 1 heterocycles. The quantitative estimate of drug-likeness (QED) is 0.429. The fourth-order valence-electron chi connectivity index (χ4n) is 0.666. The topological polar surface area (TPSA) is 26.3 Å². The molecule has 0 N–H and O–H groups in total. The Morgan fingerprint density at radius 3 is 3.08 bits per heavy atom. The molecule has 0 aliphatic rings. The van der Waals surface area contributed by atoms with E-state index in [1.807, 2.05) is 5.38 Å². The minimum absolute atomic E-state index is 0.101. The van der Waals surface area contributed by atoms with Crippen molar-refractivity contribution in [3.05, 3.63) is 22.4 Å². The van der Waals surface area contributed by atoms with Crippen LogP contribution in [-0.4, -0.2) is 18.5 Å². The molecule has 0 saturated carbocycles. The van der Waals surface area contributed by atoms with E-state index in [0.29, 0.717) is 4.88 Å². The maximum Gasteiger partial charge on any atom is 0.349 e. The van der Waals surface area contributed by atoms with Crippen LogP contribution in [0, 0.1) is 11.8 Å². The van der Waals surface area contributed by atoms with Crippen LogP contribution in [0.4, 0.5) is 0 Å². The second-order valence-corrected chi connectivity index (χ2v) is 3.26. The lowest BCUT2D eigenvalue weighted by Gasteiger charge is -1.95. The average Bonchev–Trinajstić information content (AvgIpc) is 2.65. The van der Waals surface area contributed by atoms with E-state index < -0.39 is 0 Å². The minimum Gasteiger partial charge on any atom is -0.448 e. The molecule has 1 aromatic heterocycles. The number of alkyl halides is 1. The van der Waals surface area contributed by atoms with Crippen molar-refractivity contribution in [1.29, 1.82) is 0 Å². The standard InChI is InChI=1S/C9H7ClO2S/c10-5-1-2-6-12-9(11)8-4-3-7-13-8/h3-4,7H,5-6H2. The van der Waals surface area contributed by atoms with Crippen LogP contribution in [0.1, 0.15) is 9.67 Å². The van der Waals surface area contributed by atoms with Gasteiger partial charge in [-0.3, -0.25) is 0 Å². The predicted molar refractivity (Wildman–Crippen MR) is 53.1 cm³/mol. The molecule has 2 nitrogen and oxygen atoms in total. The van der Waals surface area contributed by atoms with Gasteiger partial charge in [0.05, 0.1) is 5.88 Å². The monoisotopic (exact) mass is 214 g/mol. The van der Waals surface area contributed by atoms with Gasteiger partial charge in [0.25, 0.3) is 0 Å². The van der Waals surface area contributed by atoms with Gasteiger partial charge in [0.1, 0.15) is 4.88 Å². The largest absolute Gasteiger partial charge is 0.448 e. The van der Waals surface area contributed by atoms with Crippen LogP contribution in [0.2, 0.25) is 0 Å². The number of rotatable bonds is 2. The summed E-state index contributed by atoms with van der Waals surface area (Å²) in [7, 11) is 0. The molecule has 0 saturated heterocycles. The number of hydrogen-bond donors (Lipinski definition) is 0. The second kappa shape index (κ2) is 5.63. The lowest BCUT2D eigenvalue weighted by atomic mass is 10.5. The summed E-state index contributed by atoms with van der Waals surface area (Å²) in [5.41, 5.74) is 0. The van der Waals surface area contributed by atoms with Gasteiger partial charge in [0.2, 0.25) is 0 Å². The Morgan fingerprint density at radius 2 is 2.46 bits per heavy atom. The van der Waals surface area contributed by atoms with Gasteiger partial charge >= 0.3 is 5.97 Å². The van der Waals surface area contributed by atoms with Crippen molar-refractivity contribution in [2.24, 2.45) is 0 Å². The first-order valence-corrected chi connectivity index (χ1v) is 4.98. The zero-order valence-corrected chi connectivity index (χ0v) is 8.32. The zero-order chi connectivity index (χ0) is 9.52. The highest BCUT2D eigenvalue weighted by Gasteiger charge is 2.05. The summed E-state index contributed by atoms with van der Waals surface area (Å²) in [6.07, 6.45) is 0. The molecule has 0 aliphatic heterocycles. The van der Waals surface area contributed by atoms with Gasteiger partial charge in [0, 0.05) is 0 Å². The number of ether oxygens (including phenoxy) is 1. The Bertz CT molecular complexity index is 321. The van der Waals surface area contributed by atoms with E-state index in [-0.39, 0.29) is 18.5 Å². The van der Waals surface area contributed by atoms with E-state index in [1.165, 1.54) is 11.3 Å². The summed E-state index contributed by atoms with van der Waals surface area (Å²) in [5, 5.41) is 1.82. The molecule has 0 amide bonds. The van der Waals surface area contributed by atoms with E-state index in [1.54, 1.807) is 12.1 Å². The third kappa shape index (κ3) is 3.49. The number of esters is 1. The SMILES string of the molecule is O=C(OCC#CCCl)c1cccs1. The van der Waals surface area contributed by atoms with Crippen molar-refractivity contribution in [1.82, 2.24) is 0 Å². The Labute approximate surface area is 85.5 Å². The summed E-state index contributed by atoms with van der Waals surface area (Å²) in [5.74, 6) is 5.12. The molecular formula is C9H7ClO2S. The Hall–Kier alpha value is -0.980. The van der Waals surface area contributed by atoms with Crippen LogP contribution < -0.4 is 0 Å². The van der Waals surface area contributed by atoms with Gasteiger partial charge in [-0.2, -0.15) is 0 Å². The first-order chi connectivity index (χ1) is 6.34. The molecular weight excluding hydrogens is 208 g/mol. The van der Waals surface area contributed by atoms with Gasteiger partial charge in [-0.1, -0.05) is 17.9 Å². The molecule has 68 valence electrons. The Kier molecular flexibility index (Phi) is 4.37. The van der Waals surface area contributed by atoms with E-state index in [4.69, 9.17) is 16.3 Å². The summed E-state index contributed by atoms with van der Waals surface area (Å²) in [6, 6.07) is 3.51. The molecule has 0 atom stereocenters. The fourth-order valence-corrected chi connectivity index (χ4v) is 1.38. The van der Waals surface area contributed by atoms with Crippen LogP contribution >= 0.6 is 22.9 Å². The third-order valence-electron chi connectivity index (χ3n) is 1.19. The number of carbonyl (C=O) groups excluding carboxylic acids is 1. The van der Waals surface area contributed by atoms with Crippen molar-refractivity contribution < 1.29 is 9.53 Å². The Morgan fingerprint density at radius 1 is 1.62 bits per heavy atom. The molecule has 4 heteroatoms. The zero-order valence-electron chi connectivity index (χ0n) is 6.75. The maximum atomic E-state index is 11.2. The van der Waals surface area contributed by atoms with Crippen LogP contribution in [0.3, 0.4) is 0 Å². The van der Waals surface area contributed by atoms with Gasteiger partial charge < -0.3 is 4.74 Å². The van der Waals surface area contributed by atoms with Crippen LogP contribution in [0.15, 0.2) is 17.5 Å². The number of carbonyl (C=O) groups is 1. The molecule has 1 aromatic rings. The lowest BCUT2D eigenvalue weighted by molar-refractivity contribution is 0.0562. The smallest absolute Gasteiger partial charge is 0.349 e. The maximum absolute atomic E-state index is 11.2. The summed E-state index contributed by atoms with van der Waals surface area (Å²) < 4.78 is 4.83. The van der Waals surface area contributed by atoms with Crippen LogP contribution in [0.25, 0.3) is 0 Å². The van der Waals surface area contributed by atoms with E-state index in [0.717, 1.165) is 0 Å². The summed E-state index contributed by atoms with van der Waals surface area (Å²) in [4.78, 5) is 11.7. The fraction of sp³-hybridized carbons (Fsp3) is 0.222. The lowest BCUT2D eigenvalue weighted by Crippen LogP contribution is -2.02. The average molecular weight is 215 g/mol. The van der Waals surface area contributed by atoms with Gasteiger partial charge in [-0.15, -0.1) is 22.9 Å². The molecule has 0 spiro atoms. The van der Waals surface area contributed by atoms with Crippen LogP contribution in [-0.2, 0) is 4.74 Å². The molecule has 0 radical (unpaired) electrons. The van der Waals surface area contributed by atoms with Gasteiger partial charge in [-0.25, -0.2) is 4.79 Å². The number of halogens is 1. The highest BCUT2D eigenvalue weighted by molar-refractivity contribution is 7.11. The number of thiophene rings is 1. The van der Waals surface area contributed by atoms with Gasteiger partial charge in [-0.05, 0) is 11.4 Å². The molecule has 0 aliphatic carbocycles. The molecule has 0 unspecified atom stereocenters. The van der Waals surface area contributed by atoms with E-state index in [2.05, 4.69) is 11.8 Å². The molecule has 0 bridgehead atoms. The first-order valence-electron chi connectivity index (χ1n) is 3.57. The van der Waals surface area contributed by atoms with Gasteiger partial charge in [0.15, 0.2) is 6.61 Å². The Balaban J connectivity index is 2.35. The highest BCUT2D eigenvalue weighted by Crippen LogP contribution is 2.09.